The van der Waals surface area contributed by atoms with Crippen molar-refractivity contribution in [2.75, 3.05) is 0 Å². The fraction of sp³-hybridized carbons (Fsp3) is 0.154. The molecule has 0 aliphatic rings. The average molecular weight is 347 g/mol. The summed E-state index contributed by atoms with van der Waals surface area (Å²) in [7, 11) is 0. The lowest BCUT2D eigenvalue weighted by molar-refractivity contribution is 0.294. The third-order valence-corrected chi connectivity index (χ3v) is 3.42. The number of hydrogen-bond donors (Lipinski definition) is 0. The molecule has 0 amide bonds. The van der Waals surface area contributed by atoms with Crippen LogP contribution in [0.1, 0.15) is 11.1 Å². The highest BCUT2D eigenvalue weighted by Crippen LogP contribution is 2.24. The van der Waals surface area contributed by atoms with E-state index in [1.165, 1.54) is 0 Å². The topological polar surface area (TPSA) is 22.1 Å². The molecule has 0 aliphatic heterocycles. The molecular weight excluding hydrogens is 337 g/mol. The summed E-state index contributed by atoms with van der Waals surface area (Å²) in [5.41, 5.74) is 1.93. The smallest absolute Gasteiger partial charge is 0.232 e. The van der Waals surface area contributed by atoms with E-state index in [0.29, 0.717) is 23.4 Å². The van der Waals surface area contributed by atoms with Crippen molar-refractivity contribution in [3.8, 4) is 5.88 Å². The van der Waals surface area contributed by atoms with Crippen LogP contribution in [0.2, 0.25) is 5.02 Å². The predicted octanol–water partition coefficient (Wildman–Crippen LogP) is 4.82. The average Bonchev–Trinajstić information content (AvgIpc) is 2.39. The number of rotatable bonds is 4. The first-order valence-corrected chi connectivity index (χ1v) is 6.97. The summed E-state index contributed by atoms with van der Waals surface area (Å²) in [4.78, 5) is 4.13. The Morgan fingerprint density at radius 1 is 1.17 bits per heavy atom. The number of alkyl halides is 1. The van der Waals surface area contributed by atoms with Gasteiger partial charge in [0.1, 0.15) is 11.6 Å². The maximum absolute atomic E-state index is 6.05. The molecule has 0 atom stereocenters. The number of pyridine rings is 1. The fourth-order valence-electron chi connectivity index (χ4n) is 1.38. The Morgan fingerprint density at radius 3 is 2.50 bits per heavy atom. The molecule has 2 rings (SSSR count). The van der Waals surface area contributed by atoms with Gasteiger partial charge in [-0.15, -0.1) is 11.6 Å². The van der Waals surface area contributed by atoms with Crippen LogP contribution in [0.5, 0.6) is 5.88 Å². The van der Waals surface area contributed by atoms with Crippen LogP contribution in [-0.4, -0.2) is 4.98 Å². The van der Waals surface area contributed by atoms with Gasteiger partial charge in [0.05, 0.1) is 0 Å². The van der Waals surface area contributed by atoms with Crippen LogP contribution in [0.15, 0.2) is 41.0 Å². The zero-order chi connectivity index (χ0) is 13.0. The molecular formula is C13H10BrCl2NO. The molecule has 0 radical (unpaired) electrons. The van der Waals surface area contributed by atoms with E-state index in [2.05, 4.69) is 20.9 Å². The van der Waals surface area contributed by atoms with Gasteiger partial charge in [0.15, 0.2) is 0 Å². The molecule has 0 N–H and O–H groups in total. The van der Waals surface area contributed by atoms with Gasteiger partial charge < -0.3 is 4.74 Å². The molecule has 2 aromatic rings. The van der Waals surface area contributed by atoms with Gasteiger partial charge in [-0.25, -0.2) is 4.98 Å². The van der Waals surface area contributed by atoms with Gasteiger partial charge in [-0.05, 0) is 29.3 Å². The van der Waals surface area contributed by atoms with Crippen LogP contribution in [0.4, 0.5) is 0 Å². The van der Waals surface area contributed by atoms with Crippen LogP contribution < -0.4 is 4.74 Å². The summed E-state index contributed by atoms with van der Waals surface area (Å²) in [5.74, 6) is 0.813. The Morgan fingerprint density at radius 2 is 1.89 bits per heavy atom. The molecule has 5 heteroatoms. The Kier molecular flexibility index (Phi) is 4.87. The van der Waals surface area contributed by atoms with Gasteiger partial charge in [0.25, 0.3) is 0 Å². The van der Waals surface area contributed by atoms with Crippen LogP contribution >= 0.6 is 39.1 Å². The van der Waals surface area contributed by atoms with E-state index in [1.807, 2.05) is 24.3 Å². The molecule has 0 spiro atoms. The van der Waals surface area contributed by atoms with Gasteiger partial charge in [0.2, 0.25) is 5.88 Å². The van der Waals surface area contributed by atoms with Crippen LogP contribution in [-0.2, 0) is 12.5 Å². The summed E-state index contributed by atoms with van der Waals surface area (Å²) in [6, 6.07) is 9.64. The minimum absolute atomic E-state index is 0.389. The number of nitrogens with zero attached hydrogens (tertiary/aromatic N) is 1. The first-order chi connectivity index (χ1) is 8.69. The first kappa shape index (κ1) is 13.7. The molecule has 0 unspecified atom stereocenters. The third kappa shape index (κ3) is 3.61. The largest absolute Gasteiger partial charge is 0.472 e. The summed E-state index contributed by atoms with van der Waals surface area (Å²) in [6.45, 7) is 0.431. The van der Waals surface area contributed by atoms with E-state index in [4.69, 9.17) is 27.9 Å². The van der Waals surface area contributed by atoms with Crippen molar-refractivity contribution in [2.24, 2.45) is 0 Å². The number of ether oxygens (including phenoxy) is 1. The van der Waals surface area contributed by atoms with Gasteiger partial charge in [0, 0.05) is 16.5 Å². The molecule has 0 fully saturated rings. The van der Waals surface area contributed by atoms with E-state index in [0.717, 1.165) is 15.6 Å². The molecule has 1 aromatic heterocycles. The van der Waals surface area contributed by atoms with Gasteiger partial charge >= 0.3 is 0 Å². The second-order valence-electron chi connectivity index (χ2n) is 3.68. The quantitative estimate of drug-likeness (QED) is 0.741. The molecule has 0 saturated carbocycles. The fourth-order valence-corrected chi connectivity index (χ4v) is 2.03. The normalized spacial score (nSPS) is 10.4. The molecule has 18 heavy (non-hydrogen) atoms. The van der Waals surface area contributed by atoms with Crippen LogP contribution in [0.25, 0.3) is 0 Å². The van der Waals surface area contributed by atoms with Crippen molar-refractivity contribution in [2.45, 2.75) is 12.5 Å². The second-order valence-corrected chi connectivity index (χ2v) is 5.27. The van der Waals surface area contributed by atoms with Crippen molar-refractivity contribution < 1.29 is 4.74 Å². The standard InChI is InChI=1S/C13H10BrCl2NO/c14-11-3-1-9(2-4-11)8-18-13-12(16)5-10(6-15)7-17-13/h1-5,7H,6,8H2. The molecule has 2 nitrogen and oxygen atoms in total. The minimum atomic E-state index is 0.389. The summed E-state index contributed by atoms with van der Waals surface area (Å²) in [5, 5.41) is 0.477. The number of hydrogen-bond acceptors (Lipinski definition) is 2. The van der Waals surface area contributed by atoms with Gasteiger partial charge in [-0.2, -0.15) is 0 Å². The van der Waals surface area contributed by atoms with Gasteiger partial charge in [-0.1, -0.05) is 39.7 Å². The Bertz CT molecular complexity index is 531. The highest BCUT2D eigenvalue weighted by Gasteiger charge is 2.05. The van der Waals surface area contributed by atoms with Gasteiger partial charge in [-0.3, -0.25) is 0 Å². The number of benzene rings is 1. The number of halogens is 3. The van der Waals surface area contributed by atoms with Crippen molar-refractivity contribution >= 4 is 39.1 Å². The summed E-state index contributed by atoms with van der Waals surface area (Å²) < 4.78 is 6.60. The van der Waals surface area contributed by atoms with Crippen molar-refractivity contribution in [3.63, 3.8) is 0 Å². The van der Waals surface area contributed by atoms with E-state index in [-0.39, 0.29) is 0 Å². The van der Waals surface area contributed by atoms with E-state index in [9.17, 15) is 0 Å². The molecule has 0 saturated heterocycles. The zero-order valence-corrected chi connectivity index (χ0v) is 12.5. The Labute approximate surface area is 124 Å². The van der Waals surface area contributed by atoms with E-state index in [1.54, 1.807) is 12.3 Å². The Balaban J connectivity index is 2.04. The summed E-state index contributed by atoms with van der Waals surface area (Å²) >= 11 is 15.1. The highest BCUT2D eigenvalue weighted by molar-refractivity contribution is 9.10. The lowest BCUT2D eigenvalue weighted by Gasteiger charge is -2.07. The van der Waals surface area contributed by atoms with Crippen molar-refractivity contribution in [1.29, 1.82) is 0 Å². The highest BCUT2D eigenvalue weighted by atomic mass is 79.9. The maximum atomic E-state index is 6.05. The lowest BCUT2D eigenvalue weighted by atomic mass is 10.2. The van der Waals surface area contributed by atoms with Crippen molar-refractivity contribution in [1.82, 2.24) is 4.98 Å². The van der Waals surface area contributed by atoms with Crippen molar-refractivity contribution in [3.05, 3.63) is 57.2 Å². The molecule has 94 valence electrons. The number of aromatic nitrogens is 1. The SMILES string of the molecule is ClCc1cnc(OCc2ccc(Br)cc2)c(Cl)c1. The van der Waals surface area contributed by atoms with E-state index < -0.39 is 0 Å². The van der Waals surface area contributed by atoms with Crippen LogP contribution in [0.3, 0.4) is 0 Å². The molecule has 1 aromatic carbocycles. The predicted molar refractivity (Wildman–Crippen MR) is 77.3 cm³/mol. The molecule has 0 aliphatic carbocycles. The third-order valence-electron chi connectivity index (χ3n) is 2.31. The maximum Gasteiger partial charge on any atom is 0.232 e. The first-order valence-electron chi connectivity index (χ1n) is 5.26. The van der Waals surface area contributed by atoms with E-state index >= 15 is 0 Å². The Hall–Kier alpha value is -0.770. The molecule has 1 heterocycles. The van der Waals surface area contributed by atoms with Crippen LogP contribution in [0, 0.1) is 0 Å². The summed E-state index contributed by atoms with van der Waals surface area (Å²) in [6.07, 6.45) is 1.66. The lowest BCUT2D eigenvalue weighted by Crippen LogP contribution is -1.98. The molecule has 0 bridgehead atoms. The monoisotopic (exact) mass is 345 g/mol. The zero-order valence-electron chi connectivity index (χ0n) is 9.37. The minimum Gasteiger partial charge on any atom is -0.472 e. The second kappa shape index (κ2) is 6.41.